The van der Waals surface area contributed by atoms with Gasteiger partial charge in [0.05, 0.1) is 28.6 Å². The molecule has 98 valence electrons. The Kier molecular flexibility index (Phi) is 6.20. The van der Waals surface area contributed by atoms with Crippen molar-refractivity contribution in [2.75, 3.05) is 0 Å². The van der Waals surface area contributed by atoms with Crippen LogP contribution >= 0.6 is 15.9 Å². The minimum Gasteiger partial charge on any atom is -0.372 e. The van der Waals surface area contributed by atoms with E-state index < -0.39 is 0 Å². The van der Waals surface area contributed by atoms with Gasteiger partial charge < -0.3 is 4.74 Å². The van der Waals surface area contributed by atoms with Crippen LogP contribution in [0.3, 0.4) is 0 Å². The van der Waals surface area contributed by atoms with Gasteiger partial charge in [-0.25, -0.2) is 0 Å². The molecule has 1 atom stereocenters. The second-order valence-corrected chi connectivity index (χ2v) is 5.08. The van der Waals surface area contributed by atoms with Crippen LogP contribution in [-0.2, 0) is 24.3 Å². The summed E-state index contributed by atoms with van der Waals surface area (Å²) in [5.41, 5.74) is 2.28. The zero-order chi connectivity index (χ0) is 12.8. The second kappa shape index (κ2) is 7.17. The van der Waals surface area contributed by atoms with Crippen LogP contribution in [0, 0.1) is 0 Å². The highest BCUT2D eigenvalue weighted by Gasteiger charge is 2.14. The third-order valence-corrected chi connectivity index (χ3v) is 3.81. The Hall–Kier alpha value is -0.350. The van der Waals surface area contributed by atoms with Crippen LogP contribution in [0.1, 0.15) is 51.9 Å². The van der Waals surface area contributed by atoms with Gasteiger partial charge in [0.2, 0.25) is 0 Å². The molecule has 17 heavy (non-hydrogen) atoms. The van der Waals surface area contributed by atoms with Crippen LogP contribution in [0.4, 0.5) is 0 Å². The van der Waals surface area contributed by atoms with Gasteiger partial charge >= 0.3 is 0 Å². The van der Waals surface area contributed by atoms with E-state index in [0.717, 1.165) is 41.7 Å². The molecule has 0 saturated heterocycles. The van der Waals surface area contributed by atoms with Gasteiger partial charge in [0, 0.05) is 6.54 Å². The molecule has 0 aliphatic carbocycles. The molecule has 1 rings (SSSR count). The highest BCUT2D eigenvalue weighted by atomic mass is 79.9. The van der Waals surface area contributed by atoms with Gasteiger partial charge in [0.1, 0.15) is 0 Å². The van der Waals surface area contributed by atoms with Crippen molar-refractivity contribution in [3.63, 3.8) is 0 Å². The number of nitrogens with zero attached hydrogens (tertiary/aromatic N) is 2. The molecule has 3 nitrogen and oxygen atoms in total. The van der Waals surface area contributed by atoms with Crippen molar-refractivity contribution in [1.82, 2.24) is 9.78 Å². The zero-order valence-corrected chi connectivity index (χ0v) is 12.9. The molecule has 4 heteroatoms. The molecule has 0 amide bonds. The molecule has 1 heterocycles. The monoisotopic (exact) mass is 302 g/mol. The fourth-order valence-corrected chi connectivity index (χ4v) is 2.55. The van der Waals surface area contributed by atoms with E-state index in [1.807, 2.05) is 4.68 Å². The molecule has 0 bridgehead atoms. The lowest BCUT2D eigenvalue weighted by Crippen LogP contribution is -2.11. The molecule has 0 fully saturated rings. The van der Waals surface area contributed by atoms with Crippen LogP contribution in [0.2, 0.25) is 0 Å². The van der Waals surface area contributed by atoms with Crippen molar-refractivity contribution in [3.05, 3.63) is 15.9 Å². The number of halogens is 1. The number of aromatic nitrogens is 2. The summed E-state index contributed by atoms with van der Waals surface area (Å²) in [6.45, 7) is 10.1. The van der Waals surface area contributed by atoms with Gasteiger partial charge in [-0.3, -0.25) is 4.68 Å². The average Bonchev–Trinajstić information content (AvgIpc) is 2.63. The fourth-order valence-electron chi connectivity index (χ4n) is 1.87. The first-order valence-corrected chi connectivity index (χ1v) is 7.28. The van der Waals surface area contributed by atoms with Crippen LogP contribution in [0.15, 0.2) is 4.47 Å². The summed E-state index contributed by atoms with van der Waals surface area (Å²) in [6, 6.07) is 0. The predicted molar refractivity (Wildman–Crippen MR) is 74.1 cm³/mol. The Morgan fingerprint density at radius 2 is 2.06 bits per heavy atom. The lowest BCUT2D eigenvalue weighted by atomic mass is 10.2. The van der Waals surface area contributed by atoms with Crippen molar-refractivity contribution in [2.24, 2.45) is 0 Å². The number of ether oxygens (including phenoxy) is 1. The van der Waals surface area contributed by atoms with Crippen LogP contribution in [0.5, 0.6) is 0 Å². The van der Waals surface area contributed by atoms with E-state index in [4.69, 9.17) is 4.74 Å². The predicted octanol–water partition coefficient (Wildman–Crippen LogP) is 3.93. The number of hydrogen-bond donors (Lipinski definition) is 0. The van der Waals surface area contributed by atoms with Gasteiger partial charge in [-0.1, -0.05) is 20.3 Å². The Morgan fingerprint density at radius 3 is 2.59 bits per heavy atom. The van der Waals surface area contributed by atoms with Gasteiger partial charge in [0.15, 0.2) is 0 Å². The molecular formula is C13H23BrN2O. The number of hydrogen-bond acceptors (Lipinski definition) is 2. The lowest BCUT2D eigenvalue weighted by Gasteiger charge is -2.12. The smallest absolute Gasteiger partial charge is 0.0899 e. The summed E-state index contributed by atoms with van der Waals surface area (Å²) in [5.74, 6) is 0. The van der Waals surface area contributed by atoms with Gasteiger partial charge in [-0.05, 0) is 42.6 Å². The van der Waals surface area contributed by atoms with E-state index >= 15 is 0 Å². The maximum Gasteiger partial charge on any atom is 0.0899 e. The molecular weight excluding hydrogens is 280 g/mol. The quantitative estimate of drug-likeness (QED) is 0.763. The van der Waals surface area contributed by atoms with E-state index in [-0.39, 0.29) is 0 Å². The maximum atomic E-state index is 5.86. The summed E-state index contributed by atoms with van der Waals surface area (Å²) in [7, 11) is 0. The Labute approximate surface area is 113 Å². The van der Waals surface area contributed by atoms with Crippen molar-refractivity contribution >= 4 is 15.9 Å². The topological polar surface area (TPSA) is 27.1 Å². The Balaban J connectivity index is 2.72. The summed E-state index contributed by atoms with van der Waals surface area (Å²) in [5, 5.41) is 4.56. The van der Waals surface area contributed by atoms with Crippen LogP contribution < -0.4 is 0 Å². The average molecular weight is 303 g/mol. The zero-order valence-electron chi connectivity index (χ0n) is 11.3. The van der Waals surface area contributed by atoms with E-state index in [0.29, 0.717) is 12.7 Å². The van der Waals surface area contributed by atoms with Crippen LogP contribution in [0.25, 0.3) is 0 Å². The maximum absolute atomic E-state index is 5.86. The highest BCUT2D eigenvalue weighted by molar-refractivity contribution is 9.10. The van der Waals surface area contributed by atoms with Crippen molar-refractivity contribution < 1.29 is 4.74 Å². The molecule has 1 unspecified atom stereocenters. The van der Waals surface area contributed by atoms with Crippen molar-refractivity contribution in [2.45, 2.75) is 66.2 Å². The molecule has 0 N–H and O–H groups in total. The first-order valence-electron chi connectivity index (χ1n) is 6.49. The first kappa shape index (κ1) is 14.7. The van der Waals surface area contributed by atoms with Crippen molar-refractivity contribution in [1.29, 1.82) is 0 Å². The summed E-state index contributed by atoms with van der Waals surface area (Å²) >= 11 is 3.63. The van der Waals surface area contributed by atoms with Gasteiger partial charge in [0.25, 0.3) is 0 Å². The van der Waals surface area contributed by atoms with E-state index in [9.17, 15) is 0 Å². The standard InChI is InChI=1S/C13H23BrN2O/c1-5-8-10(4)17-9-12-13(14)11(6-2)15-16(12)7-3/h10H,5-9H2,1-4H3. The summed E-state index contributed by atoms with van der Waals surface area (Å²) < 4.78 is 9.00. The van der Waals surface area contributed by atoms with E-state index in [1.54, 1.807) is 0 Å². The summed E-state index contributed by atoms with van der Waals surface area (Å²) in [4.78, 5) is 0. The minimum absolute atomic E-state index is 0.317. The normalized spacial score (nSPS) is 13.0. The van der Waals surface area contributed by atoms with Crippen molar-refractivity contribution in [3.8, 4) is 0 Å². The number of aryl methyl sites for hydroxylation is 2. The SMILES string of the molecule is CCCC(C)OCc1c(Br)c(CC)nn1CC. The highest BCUT2D eigenvalue weighted by Crippen LogP contribution is 2.23. The summed E-state index contributed by atoms with van der Waals surface area (Å²) in [6.07, 6.45) is 3.54. The molecule has 0 aliphatic heterocycles. The number of rotatable bonds is 7. The molecule has 1 aromatic rings. The molecule has 0 saturated carbocycles. The van der Waals surface area contributed by atoms with Crippen LogP contribution in [-0.4, -0.2) is 15.9 Å². The first-order chi connectivity index (χ1) is 8.13. The largest absolute Gasteiger partial charge is 0.372 e. The lowest BCUT2D eigenvalue weighted by molar-refractivity contribution is 0.0428. The molecule has 0 aliphatic rings. The minimum atomic E-state index is 0.317. The second-order valence-electron chi connectivity index (χ2n) is 4.29. The Bertz CT molecular complexity index is 349. The molecule has 0 aromatic carbocycles. The van der Waals surface area contributed by atoms with Gasteiger partial charge in [-0.2, -0.15) is 5.10 Å². The molecule has 1 aromatic heterocycles. The van der Waals surface area contributed by atoms with Gasteiger partial charge in [-0.15, -0.1) is 0 Å². The molecule has 0 radical (unpaired) electrons. The third kappa shape index (κ3) is 3.81. The Morgan fingerprint density at radius 1 is 1.35 bits per heavy atom. The fraction of sp³-hybridized carbons (Fsp3) is 0.769. The van der Waals surface area contributed by atoms with E-state index in [1.165, 1.54) is 0 Å². The van der Waals surface area contributed by atoms with E-state index in [2.05, 4.69) is 48.7 Å². The molecule has 0 spiro atoms. The third-order valence-electron chi connectivity index (χ3n) is 2.89.